The van der Waals surface area contributed by atoms with E-state index in [0.29, 0.717) is 17.5 Å². The summed E-state index contributed by atoms with van der Waals surface area (Å²) in [5.41, 5.74) is 2.11. The van der Waals surface area contributed by atoms with Crippen LogP contribution in [-0.2, 0) is 10.0 Å². The lowest BCUT2D eigenvalue weighted by Crippen LogP contribution is -2.63. The van der Waals surface area contributed by atoms with Crippen LogP contribution < -0.4 is 4.72 Å². The zero-order valence-corrected chi connectivity index (χ0v) is 13.5. The monoisotopic (exact) mass is 309 g/mol. The molecule has 5 nitrogen and oxygen atoms in total. The van der Waals surface area contributed by atoms with Gasteiger partial charge in [-0.05, 0) is 37.1 Å². The summed E-state index contributed by atoms with van der Waals surface area (Å²) in [5, 5.41) is 0. The second kappa shape index (κ2) is 5.68. The van der Waals surface area contributed by atoms with E-state index in [-0.39, 0.29) is 0 Å². The van der Waals surface area contributed by atoms with Crippen molar-refractivity contribution in [1.82, 2.24) is 14.5 Å². The Morgan fingerprint density at radius 2 is 1.86 bits per heavy atom. The molecule has 1 aromatic carbocycles. The van der Waals surface area contributed by atoms with E-state index in [4.69, 9.17) is 0 Å². The normalized spacial score (nSPS) is 28.8. The summed E-state index contributed by atoms with van der Waals surface area (Å²) in [6.45, 7) is 9.71. The van der Waals surface area contributed by atoms with Gasteiger partial charge in [-0.25, -0.2) is 13.1 Å². The van der Waals surface area contributed by atoms with E-state index in [1.54, 1.807) is 12.1 Å². The lowest BCUT2D eigenvalue weighted by atomic mass is 10.1. The second-order valence-electron chi connectivity index (χ2n) is 6.09. The van der Waals surface area contributed by atoms with Crippen LogP contribution in [0.1, 0.15) is 11.1 Å². The maximum absolute atomic E-state index is 12.4. The molecule has 3 heterocycles. The van der Waals surface area contributed by atoms with Gasteiger partial charge in [-0.15, -0.1) is 0 Å². The first-order valence-electron chi connectivity index (χ1n) is 7.49. The third kappa shape index (κ3) is 3.13. The molecule has 0 amide bonds. The molecule has 0 radical (unpaired) electrons. The molecule has 3 aliphatic heterocycles. The van der Waals surface area contributed by atoms with Gasteiger partial charge >= 0.3 is 0 Å². The van der Waals surface area contributed by atoms with E-state index in [1.807, 2.05) is 19.9 Å². The number of piperazine rings is 3. The van der Waals surface area contributed by atoms with Gasteiger partial charge in [-0.1, -0.05) is 6.07 Å². The number of hydrogen-bond acceptors (Lipinski definition) is 4. The van der Waals surface area contributed by atoms with Crippen molar-refractivity contribution in [3.63, 3.8) is 0 Å². The molecule has 1 atom stereocenters. The fourth-order valence-corrected chi connectivity index (χ4v) is 4.25. The van der Waals surface area contributed by atoms with Crippen LogP contribution in [0.5, 0.6) is 0 Å². The SMILES string of the molecule is Cc1ccc(S(=O)(=O)NCC2CN3CCN2CC3)cc1C. The zero-order valence-electron chi connectivity index (χ0n) is 12.7. The molecule has 1 unspecified atom stereocenters. The number of fused-ring (bicyclic) bond motifs is 3. The van der Waals surface area contributed by atoms with Gasteiger partial charge in [0.05, 0.1) is 4.90 Å². The summed E-state index contributed by atoms with van der Waals surface area (Å²) >= 11 is 0. The molecule has 0 aromatic heterocycles. The number of nitrogens with zero attached hydrogens (tertiary/aromatic N) is 2. The quantitative estimate of drug-likeness (QED) is 0.884. The summed E-state index contributed by atoms with van der Waals surface area (Å²) in [7, 11) is -3.41. The van der Waals surface area contributed by atoms with Gasteiger partial charge in [-0.2, -0.15) is 0 Å². The van der Waals surface area contributed by atoms with Crippen molar-refractivity contribution in [2.24, 2.45) is 0 Å². The Bertz CT molecular complexity index is 622. The van der Waals surface area contributed by atoms with Crippen molar-refractivity contribution in [1.29, 1.82) is 0 Å². The Morgan fingerprint density at radius 3 is 2.43 bits per heavy atom. The van der Waals surface area contributed by atoms with Crippen LogP contribution in [0.2, 0.25) is 0 Å². The summed E-state index contributed by atoms with van der Waals surface area (Å²) in [6, 6.07) is 5.59. The highest BCUT2D eigenvalue weighted by Crippen LogP contribution is 2.17. The van der Waals surface area contributed by atoms with E-state index in [2.05, 4.69) is 14.5 Å². The average Bonchev–Trinajstić information content (AvgIpc) is 2.49. The molecule has 0 saturated carbocycles. The minimum Gasteiger partial charge on any atom is -0.299 e. The topological polar surface area (TPSA) is 52.7 Å². The summed E-state index contributed by atoms with van der Waals surface area (Å²) in [4.78, 5) is 5.17. The van der Waals surface area contributed by atoms with Crippen LogP contribution in [0.4, 0.5) is 0 Å². The molecule has 4 rings (SSSR count). The van der Waals surface area contributed by atoms with Gasteiger partial charge in [0.1, 0.15) is 0 Å². The average molecular weight is 309 g/mol. The van der Waals surface area contributed by atoms with Crippen LogP contribution in [0.3, 0.4) is 0 Å². The molecule has 6 heteroatoms. The van der Waals surface area contributed by atoms with Crippen molar-refractivity contribution in [3.05, 3.63) is 29.3 Å². The fraction of sp³-hybridized carbons (Fsp3) is 0.600. The number of rotatable bonds is 4. The number of sulfonamides is 1. The highest BCUT2D eigenvalue weighted by atomic mass is 32.2. The van der Waals surface area contributed by atoms with Crippen LogP contribution >= 0.6 is 0 Å². The molecule has 3 fully saturated rings. The lowest BCUT2D eigenvalue weighted by molar-refractivity contribution is 0.0158. The van der Waals surface area contributed by atoms with Gasteiger partial charge in [0.25, 0.3) is 0 Å². The van der Waals surface area contributed by atoms with E-state index < -0.39 is 10.0 Å². The molecule has 21 heavy (non-hydrogen) atoms. The van der Waals surface area contributed by atoms with Gasteiger partial charge in [0.2, 0.25) is 10.0 Å². The number of aryl methyl sites for hydroxylation is 2. The summed E-state index contributed by atoms with van der Waals surface area (Å²) in [6.07, 6.45) is 0. The molecule has 1 aromatic rings. The van der Waals surface area contributed by atoms with Gasteiger partial charge in [0, 0.05) is 45.3 Å². The fourth-order valence-electron chi connectivity index (χ4n) is 3.09. The van der Waals surface area contributed by atoms with E-state index >= 15 is 0 Å². The largest absolute Gasteiger partial charge is 0.299 e. The predicted octanol–water partition coefficient (Wildman–Crippen LogP) is 0.582. The molecular weight excluding hydrogens is 286 g/mol. The molecule has 2 bridgehead atoms. The standard InChI is InChI=1S/C15H23N3O2S/c1-12-3-4-15(9-13(12)2)21(19,20)16-10-14-11-17-5-7-18(14)8-6-17/h3-4,9,14,16H,5-8,10-11H2,1-2H3. The van der Waals surface area contributed by atoms with Crippen molar-refractivity contribution < 1.29 is 8.42 Å². The second-order valence-corrected chi connectivity index (χ2v) is 7.86. The Morgan fingerprint density at radius 1 is 1.14 bits per heavy atom. The summed E-state index contributed by atoms with van der Waals surface area (Å²) < 4.78 is 27.6. The highest BCUT2D eigenvalue weighted by molar-refractivity contribution is 7.89. The van der Waals surface area contributed by atoms with Crippen molar-refractivity contribution >= 4 is 10.0 Å². The van der Waals surface area contributed by atoms with Crippen LogP contribution in [0.15, 0.2) is 23.1 Å². The van der Waals surface area contributed by atoms with Crippen LogP contribution in [-0.4, -0.2) is 63.5 Å². The van der Waals surface area contributed by atoms with Crippen molar-refractivity contribution in [3.8, 4) is 0 Å². The van der Waals surface area contributed by atoms with E-state index in [9.17, 15) is 8.42 Å². The van der Waals surface area contributed by atoms with Crippen molar-refractivity contribution in [2.45, 2.75) is 24.8 Å². The number of hydrogen-bond donors (Lipinski definition) is 1. The predicted molar refractivity (Wildman–Crippen MR) is 82.9 cm³/mol. The summed E-state index contributed by atoms with van der Waals surface area (Å²) in [5.74, 6) is 0. The molecular formula is C15H23N3O2S. The Labute approximate surface area is 127 Å². The third-order valence-corrected chi connectivity index (χ3v) is 6.11. The third-order valence-electron chi connectivity index (χ3n) is 4.69. The van der Waals surface area contributed by atoms with E-state index in [1.165, 1.54) is 0 Å². The molecule has 0 spiro atoms. The zero-order chi connectivity index (χ0) is 15.0. The number of nitrogens with one attached hydrogen (secondary N) is 1. The van der Waals surface area contributed by atoms with Gasteiger partial charge < -0.3 is 0 Å². The maximum atomic E-state index is 12.4. The first-order valence-corrected chi connectivity index (χ1v) is 8.97. The highest BCUT2D eigenvalue weighted by Gasteiger charge is 2.32. The minimum absolute atomic E-state index is 0.300. The molecule has 116 valence electrons. The van der Waals surface area contributed by atoms with Crippen LogP contribution in [0, 0.1) is 13.8 Å². The Balaban J connectivity index is 1.67. The Kier molecular flexibility index (Phi) is 4.05. The lowest BCUT2D eigenvalue weighted by Gasteiger charge is -2.47. The van der Waals surface area contributed by atoms with Crippen LogP contribution in [0.25, 0.3) is 0 Å². The first kappa shape index (κ1) is 15.0. The van der Waals surface area contributed by atoms with E-state index in [0.717, 1.165) is 43.9 Å². The van der Waals surface area contributed by atoms with Crippen molar-refractivity contribution in [2.75, 3.05) is 39.3 Å². The number of benzene rings is 1. The molecule has 1 N–H and O–H groups in total. The minimum atomic E-state index is -3.41. The maximum Gasteiger partial charge on any atom is 0.240 e. The van der Waals surface area contributed by atoms with Gasteiger partial charge in [-0.3, -0.25) is 9.80 Å². The smallest absolute Gasteiger partial charge is 0.240 e. The Hall–Kier alpha value is -0.950. The molecule has 3 saturated heterocycles. The van der Waals surface area contributed by atoms with Gasteiger partial charge in [0.15, 0.2) is 0 Å². The molecule has 3 aliphatic rings. The first-order chi connectivity index (χ1) is 9.95. The molecule has 0 aliphatic carbocycles.